The molecule has 0 aliphatic rings. The van der Waals surface area contributed by atoms with Crippen molar-refractivity contribution < 1.29 is 4.79 Å². The average molecular weight is 326 g/mol. The Morgan fingerprint density at radius 3 is 2.83 bits per heavy atom. The molecule has 5 nitrogen and oxygen atoms in total. The van der Waals surface area contributed by atoms with Gasteiger partial charge >= 0.3 is 0 Å². The summed E-state index contributed by atoms with van der Waals surface area (Å²) in [6.45, 7) is 2.38. The largest absolute Gasteiger partial charge is 0.351 e. The van der Waals surface area contributed by atoms with Crippen LogP contribution in [-0.2, 0) is 11.3 Å². The number of nitrogens with zero attached hydrogens (tertiary/aromatic N) is 3. The third kappa shape index (κ3) is 3.37. The number of rotatable bonds is 5. The van der Waals surface area contributed by atoms with Gasteiger partial charge in [-0.1, -0.05) is 18.2 Å². The fraction of sp³-hybridized carbons (Fsp3) is 0.235. The summed E-state index contributed by atoms with van der Waals surface area (Å²) in [6.07, 6.45) is 5.48. The molecule has 6 heteroatoms. The molecule has 0 aliphatic carbocycles. The first-order valence-electron chi connectivity index (χ1n) is 7.37. The molecular formula is C17H18N4OS. The number of carbonyl (C=O) groups excluding carboxylic acids is 1. The summed E-state index contributed by atoms with van der Waals surface area (Å²) in [7, 11) is 0. The summed E-state index contributed by atoms with van der Waals surface area (Å²) >= 11 is 1.53. The van der Waals surface area contributed by atoms with Gasteiger partial charge in [-0.15, -0.1) is 0 Å². The monoisotopic (exact) mass is 326 g/mol. The zero-order chi connectivity index (χ0) is 16.2. The molecule has 0 radical (unpaired) electrons. The van der Waals surface area contributed by atoms with Gasteiger partial charge in [0.05, 0.1) is 16.3 Å². The van der Waals surface area contributed by atoms with Crippen LogP contribution in [0.3, 0.4) is 0 Å². The molecule has 0 saturated carbocycles. The molecular weight excluding hydrogens is 308 g/mol. The Balaban J connectivity index is 1.73. The Kier molecular flexibility index (Phi) is 4.62. The first-order valence-corrected chi connectivity index (χ1v) is 8.65. The first kappa shape index (κ1) is 15.6. The van der Waals surface area contributed by atoms with Crippen LogP contribution in [0.1, 0.15) is 12.5 Å². The van der Waals surface area contributed by atoms with E-state index in [0.29, 0.717) is 6.54 Å². The van der Waals surface area contributed by atoms with Gasteiger partial charge in [0.1, 0.15) is 12.1 Å². The lowest BCUT2D eigenvalue weighted by molar-refractivity contribution is -0.120. The first-order chi connectivity index (χ1) is 11.2. The van der Waals surface area contributed by atoms with Crippen LogP contribution >= 0.6 is 11.8 Å². The maximum absolute atomic E-state index is 11.8. The fourth-order valence-electron chi connectivity index (χ4n) is 2.25. The third-order valence-corrected chi connectivity index (χ3v) is 4.62. The van der Waals surface area contributed by atoms with Crippen molar-refractivity contribution in [3.8, 4) is 5.82 Å². The number of pyridine rings is 1. The number of amides is 1. The number of nitrogens with one attached hydrogen (secondary N) is 1. The number of fused-ring (bicyclic) bond motifs is 1. The van der Waals surface area contributed by atoms with Crippen LogP contribution in [0, 0.1) is 0 Å². The highest BCUT2D eigenvalue weighted by Gasteiger charge is 2.10. The van der Waals surface area contributed by atoms with Crippen molar-refractivity contribution in [1.82, 2.24) is 19.9 Å². The van der Waals surface area contributed by atoms with Gasteiger partial charge in [0, 0.05) is 12.7 Å². The maximum atomic E-state index is 11.8. The molecule has 0 fully saturated rings. The molecule has 2 aromatic heterocycles. The highest BCUT2D eigenvalue weighted by atomic mass is 32.2. The lowest BCUT2D eigenvalue weighted by Gasteiger charge is -2.10. The quantitative estimate of drug-likeness (QED) is 0.783. The van der Waals surface area contributed by atoms with E-state index in [1.807, 2.05) is 54.1 Å². The van der Waals surface area contributed by atoms with Crippen LogP contribution in [0.25, 0.3) is 16.9 Å². The van der Waals surface area contributed by atoms with Crippen molar-refractivity contribution in [2.75, 3.05) is 6.26 Å². The number of para-hydroxylation sites is 2. The third-order valence-electron chi connectivity index (χ3n) is 3.70. The highest BCUT2D eigenvalue weighted by Crippen LogP contribution is 2.16. The van der Waals surface area contributed by atoms with Gasteiger partial charge in [-0.2, -0.15) is 11.8 Å². The molecule has 118 valence electrons. The molecule has 0 saturated heterocycles. The van der Waals surface area contributed by atoms with E-state index in [4.69, 9.17) is 0 Å². The second-order valence-electron chi connectivity index (χ2n) is 5.22. The van der Waals surface area contributed by atoms with Crippen LogP contribution in [0.2, 0.25) is 0 Å². The van der Waals surface area contributed by atoms with Gasteiger partial charge in [-0.3, -0.25) is 9.36 Å². The van der Waals surface area contributed by atoms with Crippen molar-refractivity contribution in [3.05, 3.63) is 54.5 Å². The number of thioether (sulfide) groups is 1. The van der Waals surface area contributed by atoms with Crippen molar-refractivity contribution in [2.24, 2.45) is 0 Å². The van der Waals surface area contributed by atoms with Crippen LogP contribution in [0.4, 0.5) is 0 Å². The molecule has 1 aromatic carbocycles. The fourth-order valence-corrected chi connectivity index (χ4v) is 2.54. The summed E-state index contributed by atoms with van der Waals surface area (Å²) in [4.78, 5) is 20.6. The maximum Gasteiger partial charge on any atom is 0.233 e. The van der Waals surface area contributed by atoms with Crippen molar-refractivity contribution >= 4 is 28.7 Å². The molecule has 1 atom stereocenters. The minimum absolute atomic E-state index is 0.0421. The predicted molar refractivity (Wildman–Crippen MR) is 93.7 cm³/mol. The second kappa shape index (κ2) is 6.83. The molecule has 3 rings (SSSR count). The zero-order valence-electron chi connectivity index (χ0n) is 13.1. The summed E-state index contributed by atoms with van der Waals surface area (Å²) < 4.78 is 1.95. The topological polar surface area (TPSA) is 59.8 Å². The van der Waals surface area contributed by atoms with Gasteiger partial charge in [-0.05, 0) is 36.9 Å². The minimum Gasteiger partial charge on any atom is -0.351 e. The molecule has 2 heterocycles. The van der Waals surface area contributed by atoms with Gasteiger partial charge in [0.2, 0.25) is 5.91 Å². The number of carbonyl (C=O) groups is 1. The number of hydrogen-bond acceptors (Lipinski definition) is 4. The summed E-state index contributed by atoms with van der Waals surface area (Å²) in [5.41, 5.74) is 2.94. The number of benzene rings is 1. The number of aromatic nitrogens is 3. The van der Waals surface area contributed by atoms with Gasteiger partial charge in [-0.25, -0.2) is 9.97 Å². The normalized spacial score (nSPS) is 12.3. The Hall–Kier alpha value is -2.34. The number of imidazole rings is 1. The molecule has 0 spiro atoms. The molecule has 1 amide bonds. The van der Waals surface area contributed by atoms with Gasteiger partial charge in [0.15, 0.2) is 0 Å². The summed E-state index contributed by atoms with van der Waals surface area (Å²) in [5, 5.41) is 2.87. The standard InChI is InChI=1S/C17H18N4OS/c1-12(23-2)17(22)19-10-13-7-8-16(18-9-13)21-11-20-14-5-3-4-6-15(14)21/h3-9,11-12H,10H2,1-2H3,(H,19,22). The van der Waals surface area contributed by atoms with Gasteiger partial charge in [0.25, 0.3) is 0 Å². The lowest BCUT2D eigenvalue weighted by Crippen LogP contribution is -2.30. The molecule has 0 aliphatic heterocycles. The van der Waals surface area contributed by atoms with Crippen LogP contribution in [0.15, 0.2) is 48.9 Å². The van der Waals surface area contributed by atoms with E-state index >= 15 is 0 Å². The molecule has 1 unspecified atom stereocenters. The van der Waals surface area contributed by atoms with E-state index in [1.54, 1.807) is 12.5 Å². The SMILES string of the molecule is CSC(C)C(=O)NCc1ccc(-n2cnc3ccccc32)nc1. The van der Waals surface area contributed by atoms with E-state index in [-0.39, 0.29) is 11.2 Å². The minimum atomic E-state index is -0.0421. The molecule has 3 aromatic rings. The Morgan fingerprint density at radius 2 is 2.09 bits per heavy atom. The Bertz CT molecular complexity index is 813. The van der Waals surface area contributed by atoms with Crippen LogP contribution < -0.4 is 5.32 Å². The van der Waals surface area contributed by atoms with E-state index in [0.717, 1.165) is 22.4 Å². The van der Waals surface area contributed by atoms with Crippen molar-refractivity contribution in [1.29, 1.82) is 0 Å². The van der Waals surface area contributed by atoms with Crippen molar-refractivity contribution in [3.63, 3.8) is 0 Å². The number of hydrogen-bond donors (Lipinski definition) is 1. The second-order valence-corrected chi connectivity index (χ2v) is 6.40. The highest BCUT2D eigenvalue weighted by molar-refractivity contribution is 7.99. The van der Waals surface area contributed by atoms with E-state index in [9.17, 15) is 4.79 Å². The average Bonchev–Trinajstić information content (AvgIpc) is 3.03. The summed E-state index contributed by atoms with van der Waals surface area (Å²) in [6, 6.07) is 11.9. The van der Waals surface area contributed by atoms with Gasteiger partial charge < -0.3 is 5.32 Å². The molecule has 1 N–H and O–H groups in total. The Morgan fingerprint density at radius 1 is 1.26 bits per heavy atom. The van der Waals surface area contributed by atoms with E-state index < -0.39 is 0 Å². The zero-order valence-corrected chi connectivity index (χ0v) is 13.9. The predicted octanol–water partition coefficient (Wildman–Crippen LogP) is 2.79. The molecule has 23 heavy (non-hydrogen) atoms. The lowest BCUT2D eigenvalue weighted by atomic mass is 10.2. The molecule has 0 bridgehead atoms. The van der Waals surface area contributed by atoms with E-state index in [2.05, 4.69) is 15.3 Å². The van der Waals surface area contributed by atoms with E-state index in [1.165, 1.54) is 11.8 Å². The summed E-state index contributed by atoms with van der Waals surface area (Å²) in [5.74, 6) is 0.855. The van der Waals surface area contributed by atoms with Crippen LogP contribution in [0.5, 0.6) is 0 Å². The smallest absolute Gasteiger partial charge is 0.233 e. The Labute approximate surface area is 139 Å². The van der Waals surface area contributed by atoms with Crippen molar-refractivity contribution in [2.45, 2.75) is 18.7 Å². The van der Waals surface area contributed by atoms with Crippen LogP contribution in [-0.4, -0.2) is 31.9 Å².